The molecule has 2 aliphatic heterocycles. The largest absolute Gasteiger partial charge is 0.312 e. The van der Waals surface area contributed by atoms with Gasteiger partial charge in [-0.3, -0.25) is 4.90 Å². The van der Waals surface area contributed by atoms with Gasteiger partial charge in [0.15, 0.2) is 0 Å². The molecule has 1 saturated heterocycles. The highest BCUT2D eigenvalue weighted by atomic mass is 15.3. The standard InChI is InChI=1S/C16H25N3/c1-13-11-19(9-8-18(13)2)12-15-5-3-4-14-10-17-7-6-16(14)15/h3-5,13,17H,6-12H2,1-2H3. The summed E-state index contributed by atoms with van der Waals surface area (Å²) in [6.07, 6.45) is 1.19. The number of hydrogen-bond donors (Lipinski definition) is 1. The fourth-order valence-electron chi connectivity index (χ4n) is 3.27. The van der Waals surface area contributed by atoms with E-state index >= 15 is 0 Å². The molecule has 0 aromatic heterocycles. The number of nitrogens with zero attached hydrogens (tertiary/aromatic N) is 2. The van der Waals surface area contributed by atoms with E-state index in [2.05, 4.69) is 47.3 Å². The first kappa shape index (κ1) is 13.1. The molecule has 3 nitrogen and oxygen atoms in total. The second-order valence-corrected chi connectivity index (χ2v) is 6.05. The maximum Gasteiger partial charge on any atom is 0.0237 e. The lowest BCUT2D eigenvalue weighted by Crippen LogP contribution is -2.49. The minimum absolute atomic E-state index is 0.676. The van der Waals surface area contributed by atoms with E-state index in [9.17, 15) is 0 Å². The molecule has 1 atom stereocenters. The Balaban J connectivity index is 1.73. The minimum Gasteiger partial charge on any atom is -0.312 e. The molecule has 3 rings (SSSR count). The van der Waals surface area contributed by atoms with Gasteiger partial charge in [0, 0.05) is 38.8 Å². The Bertz CT molecular complexity index is 444. The number of benzene rings is 1. The number of nitrogens with one attached hydrogen (secondary N) is 1. The quantitative estimate of drug-likeness (QED) is 0.867. The maximum absolute atomic E-state index is 3.46. The zero-order valence-electron chi connectivity index (χ0n) is 12.2. The summed E-state index contributed by atoms with van der Waals surface area (Å²) in [7, 11) is 2.23. The van der Waals surface area contributed by atoms with Crippen molar-refractivity contribution in [2.45, 2.75) is 32.5 Å². The van der Waals surface area contributed by atoms with Crippen LogP contribution in [0.3, 0.4) is 0 Å². The summed E-state index contributed by atoms with van der Waals surface area (Å²) in [5.74, 6) is 0. The van der Waals surface area contributed by atoms with Crippen molar-refractivity contribution >= 4 is 0 Å². The van der Waals surface area contributed by atoms with Gasteiger partial charge in [-0.15, -0.1) is 0 Å². The van der Waals surface area contributed by atoms with Crippen LogP contribution in [0.5, 0.6) is 0 Å². The van der Waals surface area contributed by atoms with E-state index in [1.165, 1.54) is 31.6 Å². The second-order valence-electron chi connectivity index (χ2n) is 6.05. The van der Waals surface area contributed by atoms with Crippen LogP contribution in [-0.2, 0) is 19.5 Å². The lowest BCUT2D eigenvalue weighted by atomic mass is 9.95. The van der Waals surface area contributed by atoms with Crippen molar-refractivity contribution in [3.63, 3.8) is 0 Å². The highest BCUT2D eigenvalue weighted by Crippen LogP contribution is 2.21. The van der Waals surface area contributed by atoms with Gasteiger partial charge in [0.25, 0.3) is 0 Å². The molecule has 0 radical (unpaired) electrons. The van der Waals surface area contributed by atoms with Crippen LogP contribution < -0.4 is 5.32 Å². The summed E-state index contributed by atoms with van der Waals surface area (Å²) in [6.45, 7) is 9.21. The summed E-state index contributed by atoms with van der Waals surface area (Å²) in [4.78, 5) is 5.07. The van der Waals surface area contributed by atoms with E-state index in [0.29, 0.717) is 6.04 Å². The minimum atomic E-state index is 0.676. The molecular formula is C16H25N3. The lowest BCUT2D eigenvalue weighted by molar-refractivity contribution is 0.0997. The zero-order chi connectivity index (χ0) is 13.2. The average molecular weight is 259 g/mol. The molecule has 0 saturated carbocycles. The summed E-state index contributed by atoms with van der Waals surface area (Å²) in [5, 5.41) is 3.46. The van der Waals surface area contributed by atoms with Crippen LogP contribution in [0, 0.1) is 0 Å². The SMILES string of the molecule is CC1CN(Cc2cccc3c2CCNC3)CCN1C. The fraction of sp³-hybridized carbons (Fsp3) is 0.625. The van der Waals surface area contributed by atoms with Gasteiger partial charge in [0.2, 0.25) is 0 Å². The molecule has 3 heteroatoms. The predicted molar refractivity (Wildman–Crippen MR) is 79.2 cm³/mol. The van der Waals surface area contributed by atoms with Crippen molar-refractivity contribution < 1.29 is 0 Å². The van der Waals surface area contributed by atoms with E-state index in [1.807, 2.05) is 0 Å². The number of fused-ring (bicyclic) bond motifs is 1. The third-order valence-electron chi connectivity index (χ3n) is 4.68. The van der Waals surface area contributed by atoms with E-state index < -0.39 is 0 Å². The third-order valence-corrected chi connectivity index (χ3v) is 4.68. The lowest BCUT2D eigenvalue weighted by Gasteiger charge is -2.38. The molecule has 2 aliphatic rings. The van der Waals surface area contributed by atoms with Gasteiger partial charge in [-0.05, 0) is 43.6 Å². The third kappa shape index (κ3) is 2.83. The van der Waals surface area contributed by atoms with Crippen molar-refractivity contribution in [2.75, 3.05) is 33.2 Å². The molecule has 1 unspecified atom stereocenters. The van der Waals surface area contributed by atoms with Crippen molar-refractivity contribution in [3.05, 3.63) is 34.9 Å². The molecule has 1 N–H and O–H groups in total. The van der Waals surface area contributed by atoms with Crippen LogP contribution in [0.1, 0.15) is 23.6 Å². The molecular weight excluding hydrogens is 234 g/mol. The van der Waals surface area contributed by atoms with Crippen LogP contribution in [0.2, 0.25) is 0 Å². The summed E-state index contributed by atoms with van der Waals surface area (Å²) in [6, 6.07) is 7.50. The number of likely N-dealkylation sites (N-methyl/N-ethyl adjacent to an activating group) is 1. The van der Waals surface area contributed by atoms with Gasteiger partial charge in [0.05, 0.1) is 0 Å². The van der Waals surface area contributed by atoms with Gasteiger partial charge < -0.3 is 10.2 Å². The Morgan fingerprint density at radius 1 is 1.32 bits per heavy atom. The molecule has 19 heavy (non-hydrogen) atoms. The first-order chi connectivity index (χ1) is 9.24. The monoisotopic (exact) mass is 259 g/mol. The van der Waals surface area contributed by atoms with Crippen molar-refractivity contribution in [2.24, 2.45) is 0 Å². The molecule has 0 amide bonds. The van der Waals surface area contributed by atoms with Gasteiger partial charge in [-0.2, -0.15) is 0 Å². The van der Waals surface area contributed by atoms with Crippen LogP contribution in [0.25, 0.3) is 0 Å². The maximum atomic E-state index is 3.46. The topological polar surface area (TPSA) is 18.5 Å². The summed E-state index contributed by atoms with van der Waals surface area (Å²) < 4.78 is 0. The zero-order valence-corrected chi connectivity index (χ0v) is 12.2. The smallest absolute Gasteiger partial charge is 0.0237 e. The molecule has 104 valence electrons. The predicted octanol–water partition coefficient (Wildman–Crippen LogP) is 1.47. The van der Waals surface area contributed by atoms with Crippen LogP contribution in [0.15, 0.2) is 18.2 Å². The van der Waals surface area contributed by atoms with Gasteiger partial charge in [0.1, 0.15) is 0 Å². The van der Waals surface area contributed by atoms with Crippen molar-refractivity contribution in [1.82, 2.24) is 15.1 Å². The fourth-order valence-corrected chi connectivity index (χ4v) is 3.27. The average Bonchev–Trinajstić information content (AvgIpc) is 2.43. The molecule has 0 aliphatic carbocycles. The molecule has 2 heterocycles. The van der Waals surface area contributed by atoms with E-state index in [0.717, 1.165) is 19.6 Å². The Kier molecular flexibility index (Phi) is 3.87. The number of hydrogen-bond acceptors (Lipinski definition) is 3. The summed E-state index contributed by atoms with van der Waals surface area (Å²) >= 11 is 0. The molecule has 0 spiro atoms. The van der Waals surface area contributed by atoms with Gasteiger partial charge >= 0.3 is 0 Å². The number of piperazine rings is 1. The first-order valence-corrected chi connectivity index (χ1v) is 7.47. The van der Waals surface area contributed by atoms with Crippen LogP contribution in [0.4, 0.5) is 0 Å². The van der Waals surface area contributed by atoms with E-state index in [-0.39, 0.29) is 0 Å². The Morgan fingerprint density at radius 2 is 2.21 bits per heavy atom. The van der Waals surface area contributed by atoms with Gasteiger partial charge in [-0.1, -0.05) is 18.2 Å². The van der Waals surface area contributed by atoms with Gasteiger partial charge in [-0.25, -0.2) is 0 Å². The van der Waals surface area contributed by atoms with Crippen molar-refractivity contribution in [1.29, 1.82) is 0 Å². The molecule has 0 bridgehead atoms. The summed E-state index contributed by atoms with van der Waals surface area (Å²) in [5.41, 5.74) is 4.66. The van der Waals surface area contributed by atoms with Crippen molar-refractivity contribution in [3.8, 4) is 0 Å². The molecule has 1 aromatic carbocycles. The highest BCUT2D eigenvalue weighted by molar-refractivity contribution is 5.37. The first-order valence-electron chi connectivity index (χ1n) is 7.47. The van der Waals surface area contributed by atoms with E-state index in [4.69, 9.17) is 0 Å². The number of rotatable bonds is 2. The Morgan fingerprint density at radius 3 is 3.05 bits per heavy atom. The highest BCUT2D eigenvalue weighted by Gasteiger charge is 2.22. The normalized spacial score (nSPS) is 25.3. The second kappa shape index (κ2) is 5.61. The van der Waals surface area contributed by atoms with E-state index in [1.54, 1.807) is 11.1 Å². The Labute approximate surface area is 116 Å². The molecule has 1 aromatic rings. The Hall–Kier alpha value is -0.900. The van der Waals surface area contributed by atoms with Crippen LogP contribution >= 0.6 is 0 Å². The molecule has 1 fully saturated rings. The van der Waals surface area contributed by atoms with Crippen LogP contribution in [-0.4, -0.2) is 49.1 Å².